The van der Waals surface area contributed by atoms with Gasteiger partial charge in [-0.25, -0.2) is 9.97 Å². The fourth-order valence-electron chi connectivity index (χ4n) is 3.54. The highest BCUT2D eigenvalue weighted by atomic mass is 16.5. The molecule has 0 bridgehead atoms. The lowest BCUT2D eigenvalue weighted by Crippen LogP contribution is -2.41. The molecule has 2 aromatic rings. The third-order valence-electron chi connectivity index (χ3n) is 5.32. The Morgan fingerprint density at radius 1 is 1.17 bits per heavy atom. The Kier molecular flexibility index (Phi) is 7.49. The molecular weight excluding hydrogens is 380 g/mol. The zero-order valence-corrected chi connectivity index (χ0v) is 18.3. The minimum absolute atomic E-state index is 0.00274. The summed E-state index contributed by atoms with van der Waals surface area (Å²) in [5.74, 6) is 2.68. The van der Waals surface area contributed by atoms with Crippen LogP contribution < -0.4 is 19.7 Å². The third-order valence-corrected chi connectivity index (χ3v) is 5.32. The van der Waals surface area contributed by atoms with Crippen LogP contribution in [-0.4, -0.2) is 42.7 Å². The van der Waals surface area contributed by atoms with E-state index < -0.39 is 0 Å². The second-order valence-electron chi connectivity index (χ2n) is 8.16. The molecule has 1 amide bonds. The molecule has 1 saturated heterocycles. The fourth-order valence-corrected chi connectivity index (χ4v) is 3.54. The van der Waals surface area contributed by atoms with E-state index in [0.29, 0.717) is 18.3 Å². The van der Waals surface area contributed by atoms with E-state index >= 15 is 0 Å². The first-order valence-electron chi connectivity index (χ1n) is 10.6. The zero-order chi connectivity index (χ0) is 21.5. The molecule has 1 fully saturated rings. The second-order valence-corrected chi connectivity index (χ2v) is 8.16. The Hall–Kier alpha value is -2.83. The van der Waals surface area contributed by atoms with Crippen LogP contribution in [0.15, 0.2) is 36.7 Å². The van der Waals surface area contributed by atoms with Crippen LogP contribution in [0.3, 0.4) is 0 Å². The van der Waals surface area contributed by atoms with Gasteiger partial charge in [-0.15, -0.1) is 0 Å². The minimum atomic E-state index is -0.110. The lowest BCUT2D eigenvalue weighted by Gasteiger charge is -2.31. The van der Waals surface area contributed by atoms with Gasteiger partial charge in [-0.05, 0) is 49.4 Å². The molecule has 3 rings (SSSR count). The van der Waals surface area contributed by atoms with Crippen LogP contribution in [0.4, 0.5) is 5.95 Å². The molecule has 0 aliphatic carbocycles. The number of anilines is 1. The molecule has 162 valence electrons. The lowest BCUT2D eigenvalue weighted by molar-refractivity contribution is -0.126. The molecular formula is C23H32N4O3. The molecule has 1 atom stereocenters. The fraction of sp³-hybridized carbons (Fsp3) is 0.522. The van der Waals surface area contributed by atoms with Gasteiger partial charge in [0.25, 0.3) is 0 Å². The predicted octanol–water partition coefficient (Wildman–Crippen LogP) is 3.61. The van der Waals surface area contributed by atoms with Crippen LogP contribution in [0.25, 0.3) is 0 Å². The van der Waals surface area contributed by atoms with Gasteiger partial charge in [0.1, 0.15) is 0 Å². The van der Waals surface area contributed by atoms with Crippen molar-refractivity contribution in [3.8, 4) is 11.5 Å². The average Bonchev–Trinajstić information content (AvgIpc) is 2.78. The number of hydrogen-bond donors (Lipinski definition) is 1. The summed E-state index contributed by atoms with van der Waals surface area (Å²) in [7, 11) is 1.63. The normalized spacial score (nSPS) is 15.7. The van der Waals surface area contributed by atoms with Crippen LogP contribution in [0.1, 0.15) is 45.2 Å². The maximum Gasteiger partial charge on any atom is 0.225 e. The molecule has 1 aromatic carbocycles. The molecule has 0 unspecified atom stereocenters. The quantitative estimate of drug-likeness (QED) is 0.714. The topological polar surface area (TPSA) is 76.6 Å². The van der Waals surface area contributed by atoms with Crippen molar-refractivity contribution < 1.29 is 14.3 Å². The number of carbonyl (C=O) groups excluding carboxylic acids is 1. The maximum absolute atomic E-state index is 12.8. The first-order valence-corrected chi connectivity index (χ1v) is 10.6. The van der Waals surface area contributed by atoms with Gasteiger partial charge < -0.3 is 19.7 Å². The number of rotatable bonds is 8. The van der Waals surface area contributed by atoms with Crippen molar-refractivity contribution in [2.75, 3.05) is 31.7 Å². The SMILES string of the molecule is COc1cc([C@H](C)NC(=O)C2CCN(c3ncccn3)CC2)ccc1OCC(C)C. The van der Waals surface area contributed by atoms with Crippen LogP contribution in [0, 0.1) is 11.8 Å². The van der Waals surface area contributed by atoms with Crippen molar-refractivity contribution in [3.63, 3.8) is 0 Å². The number of aromatic nitrogens is 2. The Labute approximate surface area is 178 Å². The van der Waals surface area contributed by atoms with Gasteiger partial charge in [-0.3, -0.25) is 4.79 Å². The number of hydrogen-bond acceptors (Lipinski definition) is 6. The summed E-state index contributed by atoms with van der Waals surface area (Å²) in [4.78, 5) is 23.5. The van der Waals surface area contributed by atoms with Crippen LogP contribution >= 0.6 is 0 Å². The summed E-state index contributed by atoms with van der Waals surface area (Å²) in [6.45, 7) is 8.41. The minimum Gasteiger partial charge on any atom is -0.493 e. The highest BCUT2D eigenvalue weighted by Crippen LogP contribution is 2.31. The molecule has 0 radical (unpaired) electrons. The molecule has 0 saturated carbocycles. The highest BCUT2D eigenvalue weighted by Gasteiger charge is 2.27. The number of carbonyl (C=O) groups is 1. The van der Waals surface area contributed by atoms with E-state index in [1.807, 2.05) is 31.2 Å². The van der Waals surface area contributed by atoms with E-state index in [-0.39, 0.29) is 17.9 Å². The van der Waals surface area contributed by atoms with Gasteiger partial charge in [-0.2, -0.15) is 0 Å². The number of ether oxygens (including phenoxy) is 2. The number of piperidine rings is 1. The second kappa shape index (κ2) is 10.3. The molecule has 1 aliphatic rings. The lowest BCUT2D eigenvalue weighted by atomic mass is 9.95. The molecule has 1 aromatic heterocycles. The van der Waals surface area contributed by atoms with E-state index in [4.69, 9.17) is 9.47 Å². The van der Waals surface area contributed by atoms with Gasteiger partial charge in [-0.1, -0.05) is 19.9 Å². The van der Waals surface area contributed by atoms with E-state index in [0.717, 1.165) is 43.2 Å². The Morgan fingerprint density at radius 3 is 2.50 bits per heavy atom. The number of amides is 1. The number of benzene rings is 1. The molecule has 7 heteroatoms. The molecule has 1 aliphatic heterocycles. The smallest absolute Gasteiger partial charge is 0.225 e. The third kappa shape index (κ3) is 5.62. The highest BCUT2D eigenvalue weighted by molar-refractivity contribution is 5.79. The Balaban J connectivity index is 1.55. The monoisotopic (exact) mass is 412 g/mol. The molecule has 0 spiro atoms. The van der Waals surface area contributed by atoms with Crippen molar-refractivity contribution in [1.29, 1.82) is 0 Å². The summed E-state index contributed by atoms with van der Waals surface area (Å²) in [5.41, 5.74) is 0.993. The summed E-state index contributed by atoms with van der Waals surface area (Å²) in [5, 5.41) is 3.16. The molecule has 7 nitrogen and oxygen atoms in total. The Morgan fingerprint density at radius 2 is 1.87 bits per heavy atom. The first-order chi connectivity index (χ1) is 14.5. The van der Waals surface area contributed by atoms with Crippen molar-refractivity contribution >= 4 is 11.9 Å². The summed E-state index contributed by atoms with van der Waals surface area (Å²) in [6.07, 6.45) is 5.08. The number of nitrogens with one attached hydrogen (secondary N) is 1. The molecule has 2 heterocycles. The Bertz CT molecular complexity index is 820. The van der Waals surface area contributed by atoms with E-state index in [1.165, 1.54) is 0 Å². The van der Waals surface area contributed by atoms with Crippen LogP contribution in [-0.2, 0) is 4.79 Å². The van der Waals surface area contributed by atoms with E-state index in [1.54, 1.807) is 19.5 Å². The molecule has 1 N–H and O–H groups in total. The first kappa shape index (κ1) is 21.9. The predicted molar refractivity (Wildman–Crippen MR) is 117 cm³/mol. The van der Waals surface area contributed by atoms with E-state index in [9.17, 15) is 4.79 Å². The summed E-state index contributed by atoms with van der Waals surface area (Å²) in [6, 6.07) is 7.54. The van der Waals surface area contributed by atoms with E-state index in [2.05, 4.69) is 34.0 Å². The van der Waals surface area contributed by atoms with Crippen molar-refractivity contribution in [2.45, 2.75) is 39.7 Å². The number of methoxy groups -OCH3 is 1. The van der Waals surface area contributed by atoms with Crippen LogP contribution in [0.2, 0.25) is 0 Å². The maximum atomic E-state index is 12.8. The standard InChI is InChI=1S/C23H32N4O3/c1-16(2)15-30-20-7-6-19(14-21(20)29-4)17(3)26-22(28)18-8-12-27(13-9-18)23-24-10-5-11-25-23/h5-7,10-11,14,16-18H,8-9,12-13,15H2,1-4H3,(H,26,28)/t17-/m0/s1. The van der Waals surface area contributed by atoms with Gasteiger partial charge in [0.2, 0.25) is 11.9 Å². The van der Waals surface area contributed by atoms with Crippen molar-refractivity contribution in [3.05, 3.63) is 42.2 Å². The van der Waals surface area contributed by atoms with Gasteiger partial charge in [0.15, 0.2) is 11.5 Å². The largest absolute Gasteiger partial charge is 0.493 e. The van der Waals surface area contributed by atoms with Gasteiger partial charge in [0, 0.05) is 31.4 Å². The van der Waals surface area contributed by atoms with Gasteiger partial charge in [0.05, 0.1) is 19.8 Å². The summed E-state index contributed by atoms with van der Waals surface area (Å²) >= 11 is 0. The van der Waals surface area contributed by atoms with Crippen molar-refractivity contribution in [2.24, 2.45) is 11.8 Å². The number of nitrogens with zero attached hydrogens (tertiary/aromatic N) is 3. The average molecular weight is 413 g/mol. The molecule has 30 heavy (non-hydrogen) atoms. The van der Waals surface area contributed by atoms with Gasteiger partial charge >= 0.3 is 0 Å². The zero-order valence-electron chi connectivity index (χ0n) is 18.3. The summed E-state index contributed by atoms with van der Waals surface area (Å²) < 4.78 is 11.3. The van der Waals surface area contributed by atoms with Crippen molar-refractivity contribution in [1.82, 2.24) is 15.3 Å². The van der Waals surface area contributed by atoms with Crippen LogP contribution in [0.5, 0.6) is 11.5 Å².